The molecular formula is C16H19N5O. The molecule has 0 bridgehead atoms. The van der Waals surface area contributed by atoms with Gasteiger partial charge in [-0.25, -0.2) is 4.98 Å². The Bertz CT molecular complexity index is 769. The lowest BCUT2D eigenvalue weighted by molar-refractivity contribution is 0.216. The zero-order valence-electron chi connectivity index (χ0n) is 12.5. The number of aromatic nitrogens is 3. The van der Waals surface area contributed by atoms with Gasteiger partial charge in [-0.1, -0.05) is 6.07 Å². The van der Waals surface area contributed by atoms with Crippen LogP contribution in [-0.2, 0) is 6.54 Å². The van der Waals surface area contributed by atoms with Crippen molar-refractivity contribution in [1.82, 2.24) is 19.3 Å². The zero-order chi connectivity index (χ0) is 15.5. The standard InChI is InChI=1S/C16H19N5O/c1-20(8-9-22)11-14-16(13-4-2-3-7-18-13)19-15-6-5-12(17)10-21(14)15/h2-7,10,22H,8-9,11,17H2,1H3. The Morgan fingerprint density at radius 2 is 2.14 bits per heavy atom. The molecule has 22 heavy (non-hydrogen) atoms. The molecule has 0 aliphatic carbocycles. The third-order valence-electron chi connectivity index (χ3n) is 3.55. The van der Waals surface area contributed by atoms with Gasteiger partial charge in [-0.05, 0) is 31.3 Å². The van der Waals surface area contributed by atoms with Crippen molar-refractivity contribution >= 4 is 11.3 Å². The zero-order valence-corrected chi connectivity index (χ0v) is 12.5. The van der Waals surface area contributed by atoms with Crippen LogP contribution in [0.3, 0.4) is 0 Å². The number of nitrogens with zero attached hydrogens (tertiary/aromatic N) is 4. The topological polar surface area (TPSA) is 79.7 Å². The summed E-state index contributed by atoms with van der Waals surface area (Å²) < 4.78 is 1.99. The number of hydrogen-bond donors (Lipinski definition) is 2. The number of nitrogens with two attached hydrogens (primary N) is 1. The fraction of sp³-hybridized carbons (Fsp3) is 0.250. The fourth-order valence-electron chi connectivity index (χ4n) is 2.47. The Kier molecular flexibility index (Phi) is 4.04. The molecule has 0 atom stereocenters. The summed E-state index contributed by atoms with van der Waals surface area (Å²) >= 11 is 0. The van der Waals surface area contributed by atoms with Crippen LogP contribution in [-0.4, -0.2) is 44.6 Å². The molecule has 0 spiro atoms. The van der Waals surface area contributed by atoms with Crippen LogP contribution in [0.5, 0.6) is 0 Å². The SMILES string of the molecule is CN(CCO)Cc1c(-c2ccccn2)nc2ccc(N)cn12. The lowest BCUT2D eigenvalue weighted by atomic mass is 10.2. The summed E-state index contributed by atoms with van der Waals surface area (Å²) in [6.45, 7) is 1.36. The van der Waals surface area contributed by atoms with Crippen molar-refractivity contribution in [3.63, 3.8) is 0 Å². The smallest absolute Gasteiger partial charge is 0.137 e. The van der Waals surface area contributed by atoms with E-state index in [1.165, 1.54) is 0 Å². The highest BCUT2D eigenvalue weighted by Crippen LogP contribution is 2.24. The normalized spacial score (nSPS) is 11.4. The molecule has 0 aliphatic heterocycles. The number of imidazole rings is 1. The van der Waals surface area contributed by atoms with Crippen LogP contribution in [0.4, 0.5) is 5.69 Å². The Labute approximate surface area is 128 Å². The molecule has 3 aromatic heterocycles. The van der Waals surface area contributed by atoms with E-state index in [1.807, 2.05) is 52.9 Å². The van der Waals surface area contributed by atoms with E-state index in [-0.39, 0.29) is 6.61 Å². The number of hydrogen-bond acceptors (Lipinski definition) is 5. The first kappa shape index (κ1) is 14.5. The van der Waals surface area contributed by atoms with Crippen molar-refractivity contribution in [3.05, 3.63) is 48.4 Å². The van der Waals surface area contributed by atoms with Crippen molar-refractivity contribution in [3.8, 4) is 11.4 Å². The van der Waals surface area contributed by atoms with Gasteiger partial charge in [0.25, 0.3) is 0 Å². The second-order valence-electron chi connectivity index (χ2n) is 5.27. The van der Waals surface area contributed by atoms with Gasteiger partial charge in [0.2, 0.25) is 0 Å². The molecule has 0 aromatic carbocycles. The van der Waals surface area contributed by atoms with Crippen molar-refractivity contribution in [2.24, 2.45) is 0 Å². The van der Waals surface area contributed by atoms with Gasteiger partial charge < -0.3 is 10.8 Å². The highest BCUT2D eigenvalue weighted by atomic mass is 16.3. The van der Waals surface area contributed by atoms with E-state index in [1.54, 1.807) is 6.20 Å². The second kappa shape index (κ2) is 6.13. The van der Waals surface area contributed by atoms with Gasteiger partial charge in [-0.15, -0.1) is 0 Å². The number of aliphatic hydroxyl groups excluding tert-OH is 1. The molecular weight excluding hydrogens is 278 g/mol. The molecule has 114 valence electrons. The quantitative estimate of drug-likeness (QED) is 0.744. The van der Waals surface area contributed by atoms with Gasteiger partial charge in [0.1, 0.15) is 11.3 Å². The third-order valence-corrected chi connectivity index (χ3v) is 3.55. The maximum atomic E-state index is 9.11. The Morgan fingerprint density at radius 1 is 1.27 bits per heavy atom. The molecule has 0 radical (unpaired) electrons. The summed E-state index contributed by atoms with van der Waals surface area (Å²) in [5.74, 6) is 0. The van der Waals surface area contributed by atoms with Crippen LogP contribution in [0, 0.1) is 0 Å². The van der Waals surface area contributed by atoms with Gasteiger partial charge in [-0.3, -0.25) is 14.3 Å². The van der Waals surface area contributed by atoms with Gasteiger partial charge in [0, 0.05) is 31.2 Å². The molecule has 0 saturated heterocycles. The first-order chi connectivity index (χ1) is 10.7. The van der Waals surface area contributed by atoms with E-state index < -0.39 is 0 Å². The summed E-state index contributed by atoms with van der Waals surface area (Å²) in [7, 11) is 1.96. The average molecular weight is 297 g/mol. The Hall–Kier alpha value is -2.44. The fourth-order valence-corrected chi connectivity index (χ4v) is 2.47. The predicted octanol–water partition coefficient (Wildman–Crippen LogP) is 1.40. The van der Waals surface area contributed by atoms with Crippen LogP contribution >= 0.6 is 0 Å². The van der Waals surface area contributed by atoms with Crippen molar-refractivity contribution in [2.45, 2.75) is 6.54 Å². The van der Waals surface area contributed by atoms with Crippen LogP contribution < -0.4 is 5.73 Å². The minimum atomic E-state index is 0.119. The van der Waals surface area contributed by atoms with Gasteiger partial charge in [0.15, 0.2) is 0 Å². The van der Waals surface area contributed by atoms with E-state index >= 15 is 0 Å². The maximum Gasteiger partial charge on any atom is 0.137 e. The number of pyridine rings is 2. The molecule has 3 heterocycles. The Balaban J connectivity index is 2.14. The Morgan fingerprint density at radius 3 is 2.86 bits per heavy atom. The molecule has 3 aromatic rings. The highest BCUT2D eigenvalue weighted by Gasteiger charge is 2.16. The molecule has 0 amide bonds. The lowest BCUT2D eigenvalue weighted by Crippen LogP contribution is -2.22. The summed E-state index contributed by atoms with van der Waals surface area (Å²) in [5.41, 5.74) is 10.1. The molecule has 6 heteroatoms. The molecule has 0 unspecified atom stereocenters. The van der Waals surface area contributed by atoms with E-state index in [0.717, 1.165) is 22.7 Å². The van der Waals surface area contributed by atoms with E-state index in [0.29, 0.717) is 18.8 Å². The minimum Gasteiger partial charge on any atom is -0.398 e. The number of aliphatic hydroxyl groups is 1. The predicted molar refractivity (Wildman–Crippen MR) is 86.3 cm³/mol. The largest absolute Gasteiger partial charge is 0.398 e. The summed E-state index contributed by atoms with van der Waals surface area (Å²) in [4.78, 5) is 11.1. The maximum absolute atomic E-state index is 9.11. The number of nitrogen functional groups attached to an aromatic ring is 1. The minimum absolute atomic E-state index is 0.119. The monoisotopic (exact) mass is 297 g/mol. The van der Waals surface area contributed by atoms with Crippen molar-refractivity contribution in [2.75, 3.05) is 25.9 Å². The van der Waals surface area contributed by atoms with Crippen LogP contribution in [0.2, 0.25) is 0 Å². The second-order valence-corrected chi connectivity index (χ2v) is 5.27. The third kappa shape index (κ3) is 2.79. The first-order valence-electron chi connectivity index (χ1n) is 7.16. The molecule has 0 fully saturated rings. The van der Waals surface area contributed by atoms with Crippen LogP contribution in [0.15, 0.2) is 42.7 Å². The summed E-state index contributed by atoms with van der Waals surface area (Å²) in [6.07, 6.45) is 3.63. The highest BCUT2D eigenvalue weighted by molar-refractivity contribution is 5.64. The molecule has 0 aliphatic rings. The van der Waals surface area contributed by atoms with Crippen LogP contribution in [0.25, 0.3) is 17.0 Å². The average Bonchev–Trinajstić information content (AvgIpc) is 2.86. The number of anilines is 1. The van der Waals surface area contributed by atoms with E-state index in [9.17, 15) is 0 Å². The number of fused-ring (bicyclic) bond motifs is 1. The summed E-state index contributed by atoms with van der Waals surface area (Å²) in [5, 5.41) is 9.11. The van der Waals surface area contributed by atoms with Crippen molar-refractivity contribution < 1.29 is 5.11 Å². The lowest BCUT2D eigenvalue weighted by Gasteiger charge is -2.16. The molecule has 0 saturated carbocycles. The van der Waals surface area contributed by atoms with Gasteiger partial charge in [0.05, 0.1) is 18.0 Å². The number of likely N-dealkylation sites (N-methyl/N-ethyl adjacent to an activating group) is 1. The van der Waals surface area contributed by atoms with Gasteiger partial charge >= 0.3 is 0 Å². The summed E-state index contributed by atoms with van der Waals surface area (Å²) in [6, 6.07) is 9.51. The van der Waals surface area contributed by atoms with Crippen LogP contribution in [0.1, 0.15) is 5.69 Å². The van der Waals surface area contributed by atoms with E-state index in [2.05, 4.69) is 4.98 Å². The van der Waals surface area contributed by atoms with Gasteiger partial charge in [-0.2, -0.15) is 0 Å². The first-order valence-corrected chi connectivity index (χ1v) is 7.16. The molecule has 3 rings (SSSR count). The number of rotatable bonds is 5. The van der Waals surface area contributed by atoms with E-state index in [4.69, 9.17) is 15.8 Å². The van der Waals surface area contributed by atoms with Crippen molar-refractivity contribution in [1.29, 1.82) is 0 Å². The molecule has 6 nitrogen and oxygen atoms in total. The molecule has 3 N–H and O–H groups in total.